The van der Waals surface area contributed by atoms with Crippen molar-refractivity contribution in [3.8, 4) is 0 Å². The first-order valence-corrected chi connectivity index (χ1v) is 7.13. The van der Waals surface area contributed by atoms with E-state index in [1.165, 1.54) is 12.3 Å². The molecule has 1 aromatic rings. The second-order valence-electron chi connectivity index (χ2n) is 4.71. The summed E-state index contributed by atoms with van der Waals surface area (Å²) in [5, 5.41) is 2.98. The number of piperazine rings is 1. The van der Waals surface area contributed by atoms with Crippen molar-refractivity contribution in [3.05, 3.63) is 23.0 Å². The molecule has 0 radical (unpaired) electrons. The Hall–Kier alpha value is -2.02. The number of nitrogens with two attached hydrogens (primary N) is 1. The highest BCUT2D eigenvalue weighted by Gasteiger charge is 2.25. The molecule has 3 amide bonds. The molecule has 8 heteroatoms. The molecule has 1 aliphatic rings. The summed E-state index contributed by atoms with van der Waals surface area (Å²) < 4.78 is 0. The van der Waals surface area contributed by atoms with Crippen LogP contribution in [-0.2, 0) is 0 Å². The SMILES string of the molecule is CCNC(=O)N1CCN(C(=O)c2cc(Cl)ncc2N)CC1. The zero-order chi connectivity index (χ0) is 15.4. The highest BCUT2D eigenvalue weighted by Crippen LogP contribution is 2.18. The van der Waals surface area contributed by atoms with Gasteiger partial charge in [-0.2, -0.15) is 0 Å². The summed E-state index contributed by atoms with van der Waals surface area (Å²) in [5.41, 5.74) is 6.42. The standard InChI is InChI=1S/C13H18ClN5O2/c1-2-16-13(21)19-5-3-18(4-6-19)12(20)9-7-11(14)17-8-10(9)15/h7-8H,2-6,15H2,1H3,(H,16,21). The fourth-order valence-corrected chi connectivity index (χ4v) is 2.33. The Morgan fingerprint density at radius 1 is 1.33 bits per heavy atom. The molecule has 114 valence electrons. The van der Waals surface area contributed by atoms with E-state index >= 15 is 0 Å². The number of urea groups is 1. The van der Waals surface area contributed by atoms with E-state index in [-0.39, 0.29) is 17.1 Å². The van der Waals surface area contributed by atoms with Crippen molar-refractivity contribution < 1.29 is 9.59 Å². The van der Waals surface area contributed by atoms with E-state index in [1.807, 2.05) is 6.92 Å². The smallest absolute Gasteiger partial charge is 0.317 e. The summed E-state index contributed by atoms with van der Waals surface area (Å²) in [6.07, 6.45) is 1.38. The molecule has 0 spiro atoms. The molecular formula is C13H18ClN5O2. The Bertz CT molecular complexity index is 543. The number of carbonyl (C=O) groups excluding carboxylic acids is 2. The highest BCUT2D eigenvalue weighted by molar-refractivity contribution is 6.29. The second kappa shape index (κ2) is 6.62. The molecule has 7 nitrogen and oxygen atoms in total. The van der Waals surface area contributed by atoms with E-state index in [4.69, 9.17) is 17.3 Å². The largest absolute Gasteiger partial charge is 0.397 e. The first kappa shape index (κ1) is 15.4. The zero-order valence-corrected chi connectivity index (χ0v) is 12.6. The van der Waals surface area contributed by atoms with Crippen LogP contribution in [-0.4, -0.2) is 59.4 Å². The van der Waals surface area contributed by atoms with E-state index in [0.29, 0.717) is 44.0 Å². The number of pyridine rings is 1. The molecule has 0 atom stereocenters. The molecule has 21 heavy (non-hydrogen) atoms. The second-order valence-corrected chi connectivity index (χ2v) is 5.10. The summed E-state index contributed by atoms with van der Waals surface area (Å²) in [4.78, 5) is 31.3. The minimum Gasteiger partial charge on any atom is -0.397 e. The van der Waals surface area contributed by atoms with Gasteiger partial charge in [0.1, 0.15) is 5.15 Å². The number of halogens is 1. The van der Waals surface area contributed by atoms with Crippen LogP contribution in [0, 0.1) is 0 Å². The number of hydrogen-bond donors (Lipinski definition) is 2. The summed E-state index contributed by atoms with van der Waals surface area (Å²) in [5.74, 6) is -0.188. The third kappa shape index (κ3) is 3.55. The Kier molecular flexibility index (Phi) is 4.85. The topological polar surface area (TPSA) is 91.6 Å². The molecule has 1 saturated heterocycles. The molecule has 2 heterocycles. The van der Waals surface area contributed by atoms with Gasteiger partial charge in [0.05, 0.1) is 17.4 Å². The maximum Gasteiger partial charge on any atom is 0.317 e. The first-order chi connectivity index (χ1) is 10.0. The number of nitrogens with zero attached hydrogens (tertiary/aromatic N) is 3. The maximum atomic E-state index is 12.4. The number of carbonyl (C=O) groups is 2. The molecule has 1 aromatic heterocycles. The number of nitrogens with one attached hydrogen (secondary N) is 1. The average molecular weight is 312 g/mol. The predicted molar refractivity (Wildman–Crippen MR) is 80.2 cm³/mol. The minimum absolute atomic E-state index is 0.101. The predicted octanol–water partition coefficient (Wildman–Crippen LogP) is 0.804. The van der Waals surface area contributed by atoms with Gasteiger partial charge in [0.2, 0.25) is 0 Å². The Morgan fingerprint density at radius 3 is 2.57 bits per heavy atom. The number of hydrogen-bond acceptors (Lipinski definition) is 4. The molecule has 3 N–H and O–H groups in total. The number of nitrogen functional groups attached to an aromatic ring is 1. The fraction of sp³-hybridized carbons (Fsp3) is 0.462. The highest BCUT2D eigenvalue weighted by atomic mass is 35.5. The monoisotopic (exact) mass is 311 g/mol. The molecule has 0 aromatic carbocycles. The number of amides is 3. The van der Waals surface area contributed by atoms with Crippen LogP contribution in [0.3, 0.4) is 0 Å². The van der Waals surface area contributed by atoms with E-state index in [2.05, 4.69) is 10.3 Å². The van der Waals surface area contributed by atoms with E-state index in [0.717, 1.165) is 0 Å². The van der Waals surface area contributed by atoms with Crippen LogP contribution in [0.2, 0.25) is 5.15 Å². The van der Waals surface area contributed by atoms with Gasteiger partial charge in [-0.25, -0.2) is 9.78 Å². The van der Waals surface area contributed by atoms with Crippen molar-refractivity contribution in [3.63, 3.8) is 0 Å². The van der Waals surface area contributed by atoms with E-state index < -0.39 is 0 Å². The maximum absolute atomic E-state index is 12.4. The molecule has 0 saturated carbocycles. The summed E-state index contributed by atoms with van der Waals surface area (Å²) >= 11 is 5.80. The fourth-order valence-electron chi connectivity index (χ4n) is 2.17. The van der Waals surface area contributed by atoms with Gasteiger partial charge in [0, 0.05) is 32.7 Å². The molecule has 0 bridgehead atoms. The van der Waals surface area contributed by atoms with Crippen LogP contribution < -0.4 is 11.1 Å². The lowest BCUT2D eigenvalue weighted by Crippen LogP contribution is -2.53. The number of anilines is 1. The van der Waals surface area contributed by atoms with Crippen molar-refractivity contribution in [1.82, 2.24) is 20.1 Å². The summed E-state index contributed by atoms with van der Waals surface area (Å²) in [6.45, 7) is 4.38. The Balaban J connectivity index is 2.00. The number of aromatic nitrogens is 1. The van der Waals surface area contributed by atoms with Crippen molar-refractivity contribution in [2.24, 2.45) is 0 Å². The van der Waals surface area contributed by atoms with Crippen LogP contribution >= 0.6 is 11.6 Å². The van der Waals surface area contributed by atoms with Crippen molar-refractivity contribution in [2.75, 3.05) is 38.5 Å². The summed E-state index contributed by atoms with van der Waals surface area (Å²) in [6, 6.07) is 1.37. The van der Waals surface area contributed by atoms with Gasteiger partial charge in [-0.1, -0.05) is 11.6 Å². The summed E-state index contributed by atoms with van der Waals surface area (Å²) in [7, 11) is 0. The van der Waals surface area contributed by atoms with Crippen LogP contribution in [0.4, 0.5) is 10.5 Å². The zero-order valence-electron chi connectivity index (χ0n) is 11.8. The van der Waals surface area contributed by atoms with Crippen molar-refractivity contribution in [1.29, 1.82) is 0 Å². The van der Waals surface area contributed by atoms with Gasteiger partial charge in [-0.05, 0) is 13.0 Å². The van der Waals surface area contributed by atoms with Crippen molar-refractivity contribution >= 4 is 29.2 Å². The van der Waals surface area contributed by atoms with Gasteiger partial charge in [-0.15, -0.1) is 0 Å². The van der Waals surface area contributed by atoms with Crippen molar-refractivity contribution in [2.45, 2.75) is 6.92 Å². The minimum atomic E-state index is -0.188. The molecular weight excluding hydrogens is 294 g/mol. The molecule has 1 fully saturated rings. The number of rotatable bonds is 2. The quantitative estimate of drug-likeness (QED) is 0.790. The molecule has 1 aliphatic heterocycles. The lowest BCUT2D eigenvalue weighted by atomic mass is 10.2. The Morgan fingerprint density at radius 2 is 1.95 bits per heavy atom. The van der Waals surface area contributed by atoms with E-state index in [9.17, 15) is 9.59 Å². The van der Waals surface area contributed by atoms with Crippen LogP contribution in [0.5, 0.6) is 0 Å². The van der Waals surface area contributed by atoms with Crippen LogP contribution in [0.1, 0.15) is 17.3 Å². The normalized spacial score (nSPS) is 15.0. The van der Waals surface area contributed by atoms with Gasteiger partial charge in [0.25, 0.3) is 5.91 Å². The van der Waals surface area contributed by atoms with Gasteiger partial charge < -0.3 is 20.9 Å². The lowest BCUT2D eigenvalue weighted by Gasteiger charge is -2.34. The third-order valence-corrected chi connectivity index (χ3v) is 3.52. The lowest BCUT2D eigenvalue weighted by molar-refractivity contribution is 0.0666. The average Bonchev–Trinajstić information content (AvgIpc) is 2.49. The van der Waals surface area contributed by atoms with Gasteiger partial charge in [-0.3, -0.25) is 4.79 Å². The Labute approximate surface area is 128 Å². The van der Waals surface area contributed by atoms with Gasteiger partial charge >= 0.3 is 6.03 Å². The van der Waals surface area contributed by atoms with Gasteiger partial charge in [0.15, 0.2) is 0 Å². The van der Waals surface area contributed by atoms with E-state index in [1.54, 1.807) is 9.80 Å². The van der Waals surface area contributed by atoms with Crippen LogP contribution in [0.15, 0.2) is 12.3 Å². The molecule has 0 unspecified atom stereocenters. The van der Waals surface area contributed by atoms with Crippen LogP contribution in [0.25, 0.3) is 0 Å². The first-order valence-electron chi connectivity index (χ1n) is 6.76. The molecule has 0 aliphatic carbocycles. The third-order valence-electron chi connectivity index (χ3n) is 3.31. The molecule has 2 rings (SSSR count).